The second-order valence-electron chi connectivity index (χ2n) is 5.09. The molecule has 5 nitrogen and oxygen atoms in total. The normalized spacial score (nSPS) is 10.4. The molecule has 120 valence electrons. The van der Waals surface area contributed by atoms with E-state index in [-0.39, 0.29) is 11.6 Å². The van der Waals surface area contributed by atoms with Gasteiger partial charge in [0.1, 0.15) is 11.6 Å². The van der Waals surface area contributed by atoms with Crippen molar-refractivity contribution in [3.05, 3.63) is 93.9 Å². The van der Waals surface area contributed by atoms with E-state index in [2.05, 4.69) is 4.98 Å². The lowest BCUT2D eigenvalue weighted by molar-refractivity contribution is -0.389. The zero-order valence-corrected chi connectivity index (χ0v) is 12.6. The molecule has 0 fully saturated rings. The van der Waals surface area contributed by atoms with E-state index in [0.29, 0.717) is 23.5 Å². The fraction of sp³-hybridized carbons (Fsp3) is 0.0556. The van der Waals surface area contributed by atoms with Gasteiger partial charge in [0.25, 0.3) is 0 Å². The molecule has 3 rings (SSSR count). The summed E-state index contributed by atoms with van der Waals surface area (Å²) in [5.41, 5.74) is 1.37. The molecule has 0 saturated heterocycles. The van der Waals surface area contributed by atoms with Crippen molar-refractivity contribution in [1.29, 1.82) is 0 Å². The van der Waals surface area contributed by atoms with E-state index in [1.165, 1.54) is 24.4 Å². The molecule has 24 heavy (non-hydrogen) atoms. The Kier molecular flexibility index (Phi) is 4.47. The number of nitro groups is 1. The van der Waals surface area contributed by atoms with Gasteiger partial charge in [-0.2, -0.15) is 0 Å². The van der Waals surface area contributed by atoms with Gasteiger partial charge in [0, 0.05) is 18.1 Å². The van der Waals surface area contributed by atoms with E-state index in [1.54, 1.807) is 12.1 Å². The fourth-order valence-corrected chi connectivity index (χ4v) is 2.27. The Balaban J connectivity index is 1.88. The summed E-state index contributed by atoms with van der Waals surface area (Å²) in [5, 5.41) is 10.6. The molecule has 0 aliphatic heterocycles. The molecule has 1 aromatic heterocycles. The fourth-order valence-electron chi connectivity index (χ4n) is 2.27. The third-order valence-electron chi connectivity index (χ3n) is 3.44. The van der Waals surface area contributed by atoms with Crippen molar-refractivity contribution in [2.24, 2.45) is 0 Å². The lowest BCUT2D eigenvalue weighted by Crippen LogP contribution is -1.98. The SMILES string of the molecule is O=[N+]([O-])c1ccc(Oc2cccc(F)c2Cc2ccccc2)cn1. The second-order valence-corrected chi connectivity index (χ2v) is 5.09. The molecule has 0 amide bonds. The molecule has 0 N–H and O–H groups in total. The first kappa shape index (κ1) is 15.6. The van der Waals surface area contributed by atoms with Gasteiger partial charge in [0.15, 0.2) is 11.9 Å². The number of hydrogen-bond donors (Lipinski definition) is 0. The molecule has 0 saturated carbocycles. The largest absolute Gasteiger partial charge is 0.453 e. The molecule has 0 aliphatic carbocycles. The lowest BCUT2D eigenvalue weighted by atomic mass is 10.0. The van der Waals surface area contributed by atoms with Gasteiger partial charge in [-0.15, -0.1) is 0 Å². The standard InChI is InChI=1S/C18H13FN2O3/c19-16-7-4-8-17(15(16)11-13-5-2-1-3-6-13)24-14-9-10-18(20-12-14)21(22)23/h1-10,12H,11H2. The van der Waals surface area contributed by atoms with Crippen molar-refractivity contribution < 1.29 is 14.1 Å². The van der Waals surface area contributed by atoms with Crippen LogP contribution in [0.15, 0.2) is 66.9 Å². The zero-order chi connectivity index (χ0) is 16.9. The number of rotatable bonds is 5. The average Bonchev–Trinajstić information content (AvgIpc) is 2.59. The van der Waals surface area contributed by atoms with E-state index in [9.17, 15) is 14.5 Å². The first-order valence-electron chi connectivity index (χ1n) is 7.23. The minimum Gasteiger partial charge on any atom is -0.453 e. The van der Waals surface area contributed by atoms with Crippen LogP contribution < -0.4 is 4.74 Å². The van der Waals surface area contributed by atoms with Crippen molar-refractivity contribution in [3.63, 3.8) is 0 Å². The van der Waals surface area contributed by atoms with Crippen LogP contribution in [-0.4, -0.2) is 9.91 Å². The van der Waals surface area contributed by atoms with Crippen LogP contribution in [0.4, 0.5) is 10.2 Å². The van der Waals surface area contributed by atoms with Crippen LogP contribution >= 0.6 is 0 Å². The van der Waals surface area contributed by atoms with Gasteiger partial charge >= 0.3 is 5.82 Å². The Bertz CT molecular complexity index is 852. The first-order valence-corrected chi connectivity index (χ1v) is 7.23. The summed E-state index contributed by atoms with van der Waals surface area (Å²) < 4.78 is 19.9. The summed E-state index contributed by atoms with van der Waals surface area (Å²) in [5.74, 6) is 0.0207. The molecule has 0 aliphatic rings. The maximum absolute atomic E-state index is 14.2. The van der Waals surface area contributed by atoms with Crippen LogP contribution in [0, 0.1) is 15.9 Å². The smallest absolute Gasteiger partial charge is 0.363 e. The summed E-state index contributed by atoms with van der Waals surface area (Å²) in [4.78, 5) is 13.7. The maximum atomic E-state index is 14.2. The monoisotopic (exact) mass is 324 g/mol. The van der Waals surface area contributed by atoms with Crippen LogP contribution in [0.1, 0.15) is 11.1 Å². The van der Waals surface area contributed by atoms with E-state index in [0.717, 1.165) is 5.56 Å². The van der Waals surface area contributed by atoms with Gasteiger partial charge in [-0.05, 0) is 33.7 Å². The number of pyridine rings is 1. The molecule has 0 unspecified atom stereocenters. The van der Waals surface area contributed by atoms with Gasteiger partial charge in [0.05, 0.1) is 0 Å². The molecular weight excluding hydrogens is 311 g/mol. The number of nitrogens with zero attached hydrogens (tertiary/aromatic N) is 2. The number of aromatic nitrogens is 1. The quantitative estimate of drug-likeness (QED) is 0.511. The number of benzene rings is 2. The van der Waals surface area contributed by atoms with E-state index in [4.69, 9.17) is 4.74 Å². The summed E-state index contributed by atoms with van der Waals surface area (Å²) in [6.07, 6.45) is 1.62. The second kappa shape index (κ2) is 6.87. The molecular formula is C18H13FN2O3. The Morgan fingerprint density at radius 2 is 1.83 bits per heavy atom. The van der Waals surface area contributed by atoms with Crippen LogP contribution in [0.5, 0.6) is 11.5 Å². The molecule has 0 bridgehead atoms. The summed E-state index contributed by atoms with van der Waals surface area (Å²) >= 11 is 0. The van der Waals surface area contributed by atoms with Crippen LogP contribution in [0.2, 0.25) is 0 Å². The molecule has 1 heterocycles. The Morgan fingerprint density at radius 1 is 1.04 bits per heavy atom. The molecule has 0 spiro atoms. The zero-order valence-electron chi connectivity index (χ0n) is 12.6. The maximum Gasteiger partial charge on any atom is 0.363 e. The molecule has 0 atom stereocenters. The van der Waals surface area contributed by atoms with E-state index < -0.39 is 4.92 Å². The van der Waals surface area contributed by atoms with Gasteiger partial charge in [-0.3, -0.25) is 0 Å². The van der Waals surface area contributed by atoms with Gasteiger partial charge in [-0.25, -0.2) is 4.39 Å². The minimum absolute atomic E-state index is 0.272. The van der Waals surface area contributed by atoms with Crippen molar-refractivity contribution in [3.8, 4) is 11.5 Å². The number of ether oxygens (including phenoxy) is 1. The Morgan fingerprint density at radius 3 is 2.50 bits per heavy atom. The summed E-state index contributed by atoms with van der Waals surface area (Å²) in [6, 6.07) is 16.7. The van der Waals surface area contributed by atoms with Crippen LogP contribution in [0.25, 0.3) is 0 Å². The van der Waals surface area contributed by atoms with Crippen LogP contribution in [-0.2, 0) is 6.42 Å². The van der Waals surface area contributed by atoms with Gasteiger partial charge in [-0.1, -0.05) is 36.4 Å². The van der Waals surface area contributed by atoms with Gasteiger partial charge < -0.3 is 14.9 Å². The van der Waals surface area contributed by atoms with Crippen molar-refractivity contribution >= 4 is 5.82 Å². The highest BCUT2D eigenvalue weighted by molar-refractivity contribution is 5.41. The topological polar surface area (TPSA) is 65.3 Å². The Labute approximate surface area is 137 Å². The third kappa shape index (κ3) is 3.55. The molecule has 0 radical (unpaired) electrons. The van der Waals surface area contributed by atoms with E-state index >= 15 is 0 Å². The summed E-state index contributed by atoms with van der Waals surface area (Å²) in [7, 11) is 0. The summed E-state index contributed by atoms with van der Waals surface area (Å²) in [6.45, 7) is 0. The first-order chi connectivity index (χ1) is 11.6. The van der Waals surface area contributed by atoms with Crippen molar-refractivity contribution in [2.45, 2.75) is 6.42 Å². The molecule has 2 aromatic carbocycles. The average molecular weight is 324 g/mol. The van der Waals surface area contributed by atoms with Crippen molar-refractivity contribution in [1.82, 2.24) is 4.98 Å². The van der Waals surface area contributed by atoms with E-state index in [1.807, 2.05) is 30.3 Å². The van der Waals surface area contributed by atoms with Crippen LogP contribution in [0.3, 0.4) is 0 Å². The Hall–Kier alpha value is -3.28. The highest BCUT2D eigenvalue weighted by atomic mass is 19.1. The minimum atomic E-state index is -0.590. The molecule has 3 aromatic rings. The predicted molar refractivity (Wildman–Crippen MR) is 86.6 cm³/mol. The lowest BCUT2D eigenvalue weighted by Gasteiger charge is -2.11. The van der Waals surface area contributed by atoms with Crippen molar-refractivity contribution in [2.75, 3.05) is 0 Å². The number of halogens is 1. The van der Waals surface area contributed by atoms with Gasteiger partial charge in [0.2, 0.25) is 0 Å². The number of hydrogen-bond acceptors (Lipinski definition) is 4. The highest BCUT2D eigenvalue weighted by Gasteiger charge is 2.13. The molecule has 6 heteroatoms. The third-order valence-corrected chi connectivity index (χ3v) is 3.44. The predicted octanol–water partition coefficient (Wildman–Crippen LogP) is 4.51. The highest BCUT2D eigenvalue weighted by Crippen LogP contribution is 2.29.